The van der Waals surface area contributed by atoms with Crippen LogP contribution in [0.5, 0.6) is 0 Å². The molecule has 0 saturated carbocycles. The highest BCUT2D eigenvalue weighted by Crippen LogP contribution is 2.16. The normalized spacial score (nSPS) is 19.3. The van der Waals surface area contributed by atoms with Crippen molar-refractivity contribution in [2.24, 2.45) is 0 Å². The fourth-order valence-electron chi connectivity index (χ4n) is 2.23. The number of ether oxygens (including phenoxy) is 1. The number of anilines is 1. The SMILES string of the molecule is Nc1cnn(CCNC(=O)CCC2CCCCO2)c1. The fourth-order valence-corrected chi connectivity index (χ4v) is 2.23. The molecule has 3 N–H and O–H groups in total. The molecule has 1 amide bonds. The molecule has 1 aromatic heterocycles. The van der Waals surface area contributed by atoms with E-state index in [0.29, 0.717) is 25.2 Å². The van der Waals surface area contributed by atoms with E-state index < -0.39 is 0 Å². The summed E-state index contributed by atoms with van der Waals surface area (Å²) in [5, 5.41) is 6.94. The van der Waals surface area contributed by atoms with Crippen LogP contribution < -0.4 is 11.1 Å². The monoisotopic (exact) mass is 266 g/mol. The van der Waals surface area contributed by atoms with Crippen LogP contribution in [0.3, 0.4) is 0 Å². The minimum atomic E-state index is 0.0781. The Morgan fingerprint density at radius 1 is 1.58 bits per heavy atom. The second-order valence-corrected chi connectivity index (χ2v) is 4.91. The van der Waals surface area contributed by atoms with Gasteiger partial charge in [0.15, 0.2) is 0 Å². The van der Waals surface area contributed by atoms with Crippen molar-refractivity contribution in [3.05, 3.63) is 12.4 Å². The van der Waals surface area contributed by atoms with Gasteiger partial charge in [0.25, 0.3) is 0 Å². The van der Waals surface area contributed by atoms with Crippen molar-refractivity contribution in [3.63, 3.8) is 0 Å². The molecule has 0 bridgehead atoms. The van der Waals surface area contributed by atoms with Crippen LogP contribution in [0, 0.1) is 0 Å². The second-order valence-electron chi connectivity index (χ2n) is 4.91. The Morgan fingerprint density at radius 3 is 3.16 bits per heavy atom. The molecular formula is C13H22N4O2. The van der Waals surface area contributed by atoms with Crippen LogP contribution >= 0.6 is 0 Å². The number of nitrogen functional groups attached to an aromatic ring is 1. The first-order valence-corrected chi connectivity index (χ1v) is 6.90. The molecule has 1 saturated heterocycles. The first kappa shape index (κ1) is 13.9. The molecule has 6 nitrogen and oxygen atoms in total. The van der Waals surface area contributed by atoms with Crippen LogP contribution in [0.2, 0.25) is 0 Å². The summed E-state index contributed by atoms with van der Waals surface area (Å²) in [6.07, 6.45) is 8.42. The van der Waals surface area contributed by atoms with Crippen LogP contribution in [-0.4, -0.2) is 34.9 Å². The highest BCUT2D eigenvalue weighted by Gasteiger charge is 2.14. The number of hydrogen-bond donors (Lipinski definition) is 2. The van der Waals surface area contributed by atoms with Gasteiger partial charge in [-0.1, -0.05) is 0 Å². The summed E-state index contributed by atoms with van der Waals surface area (Å²) in [5.74, 6) is 0.0781. The Morgan fingerprint density at radius 2 is 2.47 bits per heavy atom. The molecule has 2 rings (SSSR count). The molecule has 1 atom stereocenters. The number of nitrogens with two attached hydrogens (primary N) is 1. The maximum atomic E-state index is 11.7. The lowest BCUT2D eigenvalue weighted by Crippen LogP contribution is -2.29. The molecule has 0 radical (unpaired) electrons. The van der Waals surface area contributed by atoms with E-state index in [1.54, 1.807) is 17.1 Å². The smallest absolute Gasteiger partial charge is 0.220 e. The average molecular weight is 266 g/mol. The van der Waals surface area contributed by atoms with Gasteiger partial charge in [-0.15, -0.1) is 0 Å². The first-order valence-electron chi connectivity index (χ1n) is 6.90. The van der Waals surface area contributed by atoms with Crippen LogP contribution in [0.25, 0.3) is 0 Å². The topological polar surface area (TPSA) is 82.2 Å². The largest absolute Gasteiger partial charge is 0.396 e. The summed E-state index contributed by atoms with van der Waals surface area (Å²) < 4.78 is 7.32. The zero-order valence-corrected chi connectivity index (χ0v) is 11.2. The maximum Gasteiger partial charge on any atom is 0.220 e. The highest BCUT2D eigenvalue weighted by molar-refractivity contribution is 5.75. The fraction of sp³-hybridized carbons (Fsp3) is 0.692. The predicted octanol–water partition coefficient (Wildman–Crippen LogP) is 0.931. The van der Waals surface area contributed by atoms with Crippen molar-refractivity contribution in [1.82, 2.24) is 15.1 Å². The summed E-state index contributed by atoms with van der Waals surface area (Å²) in [4.78, 5) is 11.7. The average Bonchev–Trinajstić information content (AvgIpc) is 2.83. The van der Waals surface area contributed by atoms with E-state index in [-0.39, 0.29) is 12.0 Å². The van der Waals surface area contributed by atoms with Gasteiger partial charge in [-0.2, -0.15) is 5.10 Å². The standard InChI is InChI=1S/C13H22N4O2/c14-11-9-16-17(10-11)7-6-15-13(18)5-4-12-3-1-2-8-19-12/h9-10,12H,1-8,14H2,(H,15,18). The van der Waals surface area contributed by atoms with Gasteiger partial charge >= 0.3 is 0 Å². The number of carbonyl (C=O) groups excluding carboxylic acids is 1. The van der Waals surface area contributed by atoms with Crippen molar-refractivity contribution in [1.29, 1.82) is 0 Å². The summed E-state index contributed by atoms with van der Waals surface area (Å²) in [6.45, 7) is 2.06. The number of nitrogens with one attached hydrogen (secondary N) is 1. The Labute approximate surface area is 113 Å². The third kappa shape index (κ3) is 4.90. The van der Waals surface area contributed by atoms with Crippen molar-refractivity contribution >= 4 is 11.6 Å². The minimum Gasteiger partial charge on any atom is -0.396 e. The predicted molar refractivity (Wildman–Crippen MR) is 72.5 cm³/mol. The molecule has 0 aliphatic carbocycles. The molecule has 1 unspecified atom stereocenters. The van der Waals surface area contributed by atoms with E-state index >= 15 is 0 Å². The lowest BCUT2D eigenvalue weighted by atomic mass is 10.0. The van der Waals surface area contributed by atoms with E-state index in [4.69, 9.17) is 10.5 Å². The van der Waals surface area contributed by atoms with E-state index in [2.05, 4.69) is 10.4 Å². The third-order valence-corrected chi connectivity index (χ3v) is 3.28. The van der Waals surface area contributed by atoms with Crippen LogP contribution in [-0.2, 0) is 16.1 Å². The van der Waals surface area contributed by atoms with Gasteiger partial charge in [0.2, 0.25) is 5.91 Å². The molecular weight excluding hydrogens is 244 g/mol. The quantitative estimate of drug-likeness (QED) is 0.802. The molecule has 2 heterocycles. The zero-order chi connectivity index (χ0) is 13.5. The van der Waals surface area contributed by atoms with Gasteiger partial charge in [-0.25, -0.2) is 0 Å². The van der Waals surface area contributed by atoms with Gasteiger partial charge in [-0.3, -0.25) is 9.48 Å². The molecule has 19 heavy (non-hydrogen) atoms. The number of hydrogen-bond acceptors (Lipinski definition) is 4. The van der Waals surface area contributed by atoms with Gasteiger partial charge in [0, 0.05) is 25.8 Å². The molecule has 0 spiro atoms. The van der Waals surface area contributed by atoms with E-state index in [0.717, 1.165) is 25.9 Å². The number of carbonyl (C=O) groups is 1. The molecule has 106 valence electrons. The summed E-state index contributed by atoms with van der Waals surface area (Å²) >= 11 is 0. The zero-order valence-electron chi connectivity index (χ0n) is 11.2. The van der Waals surface area contributed by atoms with Gasteiger partial charge in [0.1, 0.15) is 0 Å². The van der Waals surface area contributed by atoms with Crippen molar-refractivity contribution < 1.29 is 9.53 Å². The van der Waals surface area contributed by atoms with E-state index in [9.17, 15) is 4.79 Å². The van der Waals surface area contributed by atoms with Crippen molar-refractivity contribution in [3.8, 4) is 0 Å². The minimum absolute atomic E-state index is 0.0781. The molecule has 0 aromatic carbocycles. The maximum absolute atomic E-state index is 11.7. The van der Waals surface area contributed by atoms with Crippen molar-refractivity contribution in [2.75, 3.05) is 18.9 Å². The molecule has 1 aromatic rings. The number of aromatic nitrogens is 2. The molecule has 1 aliphatic rings. The van der Waals surface area contributed by atoms with Crippen molar-refractivity contribution in [2.45, 2.75) is 44.8 Å². The molecule has 1 fully saturated rings. The molecule has 1 aliphatic heterocycles. The lowest BCUT2D eigenvalue weighted by Gasteiger charge is -2.22. The van der Waals surface area contributed by atoms with E-state index in [1.165, 1.54) is 6.42 Å². The van der Waals surface area contributed by atoms with Gasteiger partial charge in [-0.05, 0) is 25.7 Å². The highest BCUT2D eigenvalue weighted by atomic mass is 16.5. The molecule has 6 heteroatoms. The van der Waals surface area contributed by atoms with Gasteiger partial charge in [0.05, 0.1) is 24.5 Å². The Hall–Kier alpha value is -1.56. The number of amides is 1. The summed E-state index contributed by atoms with van der Waals surface area (Å²) in [6, 6.07) is 0. The second kappa shape index (κ2) is 7.13. The van der Waals surface area contributed by atoms with Crippen LogP contribution in [0.1, 0.15) is 32.1 Å². The van der Waals surface area contributed by atoms with E-state index in [1.807, 2.05) is 0 Å². The Bertz CT molecular complexity index is 399. The Kier molecular flexibility index (Phi) is 5.20. The third-order valence-electron chi connectivity index (χ3n) is 3.28. The number of nitrogens with zero attached hydrogens (tertiary/aromatic N) is 2. The van der Waals surface area contributed by atoms with Crippen LogP contribution in [0.15, 0.2) is 12.4 Å². The summed E-state index contributed by atoms with van der Waals surface area (Å²) in [7, 11) is 0. The number of rotatable bonds is 6. The lowest BCUT2D eigenvalue weighted by molar-refractivity contribution is -0.122. The van der Waals surface area contributed by atoms with Gasteiger partial charge < -0.3 is 15.8 Å². The Balaban J connectivity index is 1.56. The van der Waals surface area contributed by atoms with Crippen LogP contribution in [0.4, 0.5) is 5.69 Å². The first-order chi connectivity index (χ1) is 9.24. The summed E-state index contributed by atoms with van der Waals surface area (Å²) in [5.41, 5.74) is 6.20.